The van der Waals surface area contributed by atoms with E-state index in [1.165, 1.54) is 17.7 Å². The third-order valence-electron chi connectivity index (χ3n) is 3.07. The Morgan fingerprint density at radius 1 is 1.05 bits per heavy atom. The highest BCUT2D eigenvalue weighted by Crippen LogP contribution is 2.17. The number of hydrogen-bond acceptors (Lipinski definition) is 3. The molecule has 0 saturated heterocycles. The van der Waals surface area contributed by atoms with E-state index in [1.54, 1.807) is 0 Å². The molecule has 0 heterocycles. The Kier molecular flexibility index (Phi) is 6.33. The van der Waals surface area contributed by atoms with E-state index in [1.807, 2.05) is 17.0 Å². The molecule has 0 spiro atoms. The number of aliphatic hydroxyl groups is 2. The summed E-state index contributed by atoms with van der Waals surface area (Å²) in [5, 5.41) is 19.4. The minimum Gasteiger partial charge on any atom is -0.387 e. The zero-order chi connectivity index (χ0) is 14.3. The van der Waals surface area contributed by atoms with Crippen LogP contribution < -0.4 is 4.90 Å². The number of aryl methyl sites for hydroxylation is 1. The first-order valence-corrected chi connectivity index (χ1v) is 6.55. The van der Waals surface area contributed by atoms with Gasteiger partial charge in [0.2, 0.25) is 0 Å². The number of anilines is 1. The summed E-state index contributed by atoms with van der Waals surface area (Å²) in [7, 11) is 0. The second kappa shape index (κ2) is 7.77. The van der Waals surface area contributed by atoms with Gasteiger partial charge in [-0.05, 0) is 24.1 Å². The maximum absolute atomic E-state index is 9.71. The highest BCUT2D eigenvalue weighted by molar-refractivity contribution is 5.48. The lowest BCUT2D eigenvalue weighted by molar-refractivity contribution is 0.206. The second-order valence-electron chi connectivity index (χ2n) is 4.53. The molecule has 0 aliphatic carbocycles. The van der Waals surface area contributed by atoms with Crippen LogP contribution in [0.3, 0.4) is 0 Å². The van der Waals surface area contributed by atoms with E-state index in [9.17, 15) is 10.2 Å². The molecule has 1 rings (SSSR count). The van der Waals surface area contributed by atoms with Crippen LogP contribution in [0.2, 0.25) is 0 Å². The van der Waals surface area contributed by atoms with Gasteiger partial charge in [-0.25, -0.2) is 0 Å². The maximum Gasteiger partial charge on any atom is 0.0893 e. The number of aliphatic hydroxyl groups excluding tert-OH is 2. The molecule has 2 unspecified atom stereocenters. The molecule has 1 aromatic carbocycles. The molecule has 0 amide bonds. The van der Waals surface area contributed by atoms with Gasteiger partial charge in [-0.1, -0.05) is 31.2 Å². The third kappa shape index (κ3) is 4.89. The minimum absolute atomic E-state index is 0.403. The molecule has 19 heavy (non-hydrogen) atoms. The van der Waals surface area contributed by atoms with Crippen molar-refractivity contribution in [2.75, 3.05) is 18.0 Å². The molecule has 0 radical (unpaired) electrons. The molecule has 3 nitrogen and oxygen atoms in total. The van der Waals surface area contributed by atoms with Crippen molar-refractivity contribution in [1.82, 2.24) is 0 Å². The van der Waals surface area contributed by atoms with Gasteiger partial charge in [0.1, 0.15) is 0 Å². The molecular formula is C16H23NO2. The van der Waals surface area contributed by atoms with E-state index in [-0.39, 0.29) is 0 Å². The Hall–Kier alpha value is -1.58. The average Bonchev–Trinajstić information content (AvgIpc) is 2.46. The fourth-order valence-electron chi connectivity index (χ4n) is 1.83. The molecule has 0 saturated carbocycles. The Balaban J connectivity index is 2.86. The molecule has 0 aromatic heterocycles. The van der Waals surface area contributed by atoms with Crippen LogP contribution in [0.1, 0.15) is 12.5 Å². The van der Waals surface area contributed by atoms with Gasteiger partial charge in [0.05, 0.1) is 12.2 Å². The summed E-state index contributed by atoms with van der Waals surface area (Å²) in [5.74, 6) is 0. The fourth-order valence-corrected chi connectivity index (χ4v) is 1.83. The van der Waals surface area contributed by atoms with Crippen LogP contribution >= 0.6 is 0 Å². The van der Waals surface area contributed by atoms with Crippen LogP contribution in [0.4, 0.5) is 5.69 Å². The molecule has 104 valence electrons. The average molecular weight is 261 g/mol. The molecule has 0 fully saturated rings. The normalized spacial score (nSPS) is 13.6. The van der Waals surface area contributed by atoms with E-state index < -0.39 is 12.2 Å². The topological polar surface area (TPSA) is 43.7 Å². The Labute approximate surface area is 115 Å². The molecule has 0 bridgehead atoms. The van der Waals surface area contributed by atoms with Crippen molar-refractivity contribution in [2.45, 2.75) is 25.6 Å². The minimum atomic E-state index is -0.622. The lowest BCUT2D eigenvalue weighted by atomic mass is 10.1. The van der Waals surface area contributed by atoms with Crippen molar-refractivity contribution in [2.24, 2.45) is 0 Å². The highest BCUT2D eigenvalue weighted by atomic mass is 16.3. The maximum atomic E-state index is 9.71. The van der Waals surface area contributed by atoms with Crippen LogP contribution in [0, 0.1) is 0 Å². The van der Waals surface area contributed by atoms with Crippen molar-refractivity contribution >= 4 is 5.69 Å². The largest absolute Gasteiger partial charge is 0.387 e. The predicted molar refractivity (Wildman–Crippen MR) is 80.4 cm³/mol. The molecule has 3 heteroatoms. The second-order valence-corrected chi connectivity index (χ2v) is 4.53. The van der Waals surface area contributed by atoms with E-state index >= 15 is 0 Å². The standard InChI is InChI=1S/C16H23NO2/c1-4-13-7-9-14(10-8-13)17(11-15(18)5-2)12-16(19)6-3/h5-10,15-16,18-19H,2-4,11-12H2,1H3. The molecule has 2 atom stereocenters. The Bertz CT molecular complexity index is 384. The van der Waals surface area contributed by atoms with Gasteiger partial charge in [-0.15, -0.1) is 13.2 Å². The smallest absolute Gasteiger partial charge is 0.0893 e. The van der Waals surface area contributed by atoms with Gasteiger partial charge in [0.25, 0.3) is 0 Å². The Morgan fingerprint density at radius 3 is 1.89 bits per heavy atom. The van der Waals surface area contributed by atoms with Crippen LogP contribution in [0.5, 0.6) is 0 Å². The first-order valence-electron chi connectivity index (χ1n) is 6.55. The van der Waals surface area contributed by atoms with Gasteiger partial charge in [-0.3, -0.25) is 0 Å². The molecule has 0 aliphatic heterocycles. The first-order chi connectivity index (χ1) is 9.10. The van der Waals surface area contributed by atoms with Gasteiger partial charge < -0.3 is 15.1 Å². The molecule has 2 N–H and O–H groups in total. The fraction of sp³-hybridized carbons (Fsp3) is 0.375. The van der Waals surface area contributed by atoms with E-state index in [4.69, 9.17) is 0 Å². The molecule has 0 aliphatic rings. The zero-order valence-corrected chi connectivity index (χ0v) is 11.5. The van der Waals surface area contributed by atoms with Crippen molar-refractivity contribution in [3.8, 4) is 0 Å². The number of rotatable bonds is 8. The van der Waals surface area contributed by atoms with E-state index in [0.717, 1.165) is 12.1 Å². The lowest BCUT2D eigenvalue weighted by Crippen LogP contribution is -2.36. The molecular weight excluding hydrogens is 238 g/mol. The number of nitrogens with zero attached hydrogens (tertiary/aromatic N) is 1. The first kappa shape index (κ1) is 15.5. The summed E-state index contributed by atoms with van der Waals surface area (Å²) in [4.78, 5) is 1.93. The SMILES string of the molecule is C=CC(O)CN(CC(O)C=C)c1ccc(CC)cc1. The monoisotopic (exact) mass is 261 g/mol. The van der Waals surface area contributed by atoms with Crippen LogP contribution in [-0.4, -0.2) is 35.5 Å². The lowest BCUT2D eigenvalue weighted by Gasteiger charge is -2.28. The van der Waals surface area contributed by atoms with Crippen LogP contribution in [-0.2, 0) is 6.42 Å². The van der Waals surface area contributed by atoms with Crippen molar-refractivity contribution in [3.05, 3.63) is 55.1 Å². The summed E-state index contributed by atoms with van der Waals surface area (Å²) in [5.41, 5.74) is 2.23. The quantitative estimate of drug-likeness (QED) is 0.705. The molecule has 1 aromatic rings. The van der Waals surface area contributed by atoms with Gasteiger partial charge in [0.15, 0.2) is 0 Å². The third-order valence-corrected chi connectivity index (χ3v) is 3.07. The zero-order valence-electron chi connectivity index (χ0n) is 11.5. The van der Waals surface area contributed by atoms with Gasteiger partial charge in [-0.2, -0.15) is 0 Å². The number of benzene rings is 1. The summed E-state index contributed by atoms with van der Waals surface area (Å²) in [6.45, 7) is 10.1. The highest BCUT2D eigenvalue weighted by Gasteiger charge is 2.13. The summed E-state index contributed by atoms with van der Waals surface area (Å²) < 4.78 is 0. The van der Waals surface area contributed by atoms with Gasteiger partial charge in [0, 0.05) is 18.8 Å². The number of hydrogen-bond donors (Lipinski definition) is 2. The predicted octanol–water partition coefficient (Wildman–Crippen LogP) is 2.15. The van der Waals surface area contributed by atoms with Crippen LogP contribution in [0.15, 0.2) is 49.6 Å². The summed E-state index contributed by atoms with van der Waals surface area (Å²) >= 11 is 0. The van der Waals surface area contributed by atoms with Crippen LogP contribution in [0.25, 0.3) is 0 Å². The van der Waals surface area contributed by atoms with Gasteiger partial charge >= 0.3 is 0 Å². The van der Waals surface area contributed by atoms with E-state index in [2.05, 4.69) is 32.2 Å². The van der Waals surface area contributed by atoms with Crippen molar-refractivity contribution in [3.63, 3.8) is 0 Å². The Morgan fingerprint density at radius 2 is 1.53 bits per heavy atom. The van der Waals surface area contributed by atoms with Crippen molar-refractivity contribution in [1.29, 1.82) is 0 Å². The van der Waals surface area contributed by atoms with Crippen molar-refractivity contribution < 1.29 is 10.2 Å². The summed E-state index contributed by atoms with van der Waals surface area (Å²) in [6, 6.07) is 8.13. The van der Waals surface area contributed by atoms with E-state index in [0.29, 0.717) is 13.1 Å². The summed E-state index contributed by atoms with van der Waals surface area (Å²) in [6.07, 6.45) is 2.73.